The molecule has 3 aromatic rings. The Morgan fingerprint density at radius 1 is 1.03 bits per heavy atom. The number of aliphatic hydroxyl groups excluding tert-OH is 1. The molecule has 0 atom stereocenters. The van der Waals surface area contributed by atoms with Gasteiger partial charge in [-0.25, -0.2) is 0 Å². The fraction of sp³-hybridized carbons (Fsp3) is 0.387. The minimum absolute atomic E-state index is 0.185. The Labute approximate surface area is 219 Å². The second-order valence-corrected chi connectivity index (χ2v) is 9.90. The average molecular weight is 505 g/mol. The zero-order chi connectivity index (χ0) is 26.3. The number of carbonyl (C=O) groups excluding carboxylic acids is 1. The van der Waals surface area contributed by atoms with E-state index in [1.54, 1.807) is 24.3 Å². The second kappa shape index (κ2) is 12.2. The van der Waals surface area contributed by atoms with Crippen molar-refractivity contribution >= 4 is 5.78 Å². The van der Waals surface area contributed by atoms with Crippen molar-refractivity contribution in [2.75, 3.05) is 13.2 Å². The van der Waals surface area contributed by atoms with Crippen molar-refractivity contribution in [3.05, 3.63) is 82.9 Å². The van der Waals surface area contributed by atoms with E-state index in [0.717, 1.165) is 42.6 Å². The monoisotopic (exact) mass is 504 g/mol. The van der Waals surface area contributed by atoms with Crippen molar-refractivity contribution in [2.45, 2.75) is 65.3 Å². The number of hydrogen-bond acceptors (Lipinski definition) is 6. The quantitative estimate of drug-likeness (QED) is 0.230. The molecule has 0 bridgehead atoms. The summed E-state index contributed by atoms with van der Waals surface area (Å²) in [5.74, 6) is 2.15. The first kappa shape index (κ1) is 26.6. The summed E-state index contributed by atoms with van der Waals surface area (Å²) in [6.07, 6.45) is 3.54. The maximum atomic E-state index is 13.4. The van der Waals surface area contributed by atoms with E-state index in [0.29, 0.717) is 41.6 Å². The number of benzene rings is 3. The van der Waals surface area contributed by atoms with E-state index < -0.39 is 0 Å². The summed E-state index contributed by atoms with van der Waals surface area (Å²) in [5, 5.41) is 9.91. The molecule has 1 aliphatic heterocycles. The molecule has 1 heterocycles. The number of ether oxygens (including phenoxy) is 4. The Morgan fingerprint density at radius 2 is 1.84 bits per heavy atom. The molecule has 0 spiro atoms. The fourth-order valence-electron chi connectivity index (χ4n) is 4.30. The van der Waals surface area contributed by atoms with Crippen LogP contribution in [0.5, 0.6) is 23.0 Å². The summed E-state index contributed by atoms with van der Waals surface area (Å²) in [6, 6.07) is 18.7. The fourth-order valence-corrected chi connectivity index (χ4v) is 4.30. The van der Waals surface area contributed by atoms with Gasteiger partial charge in [0.15, 0.2) is 6.61 Å². The first-order valence-corrected chi connectivity index (χ1v) is 12.9. The van der Waals surface area contributed by atoms with Crippen LogP contribution in [-0.2, 0) is 19.6 Å². The highest BCUT2D eigenvalue weighted by molar-refractivity contribution is 6.00. The smallest absolute Gasteiger partial charge is 0.203 e. The number of carbonyl (C=O) groups is 1. The molecule has 6 heteroatoms. The minimum atomic E-state index is -0.271. The number of rotatable bonds is 12. The molecule has 0 fully saturated rings. The molecule has 6 nitrogen and oxygen atoms in total. The molecule has 0 aliphatic carbocycles. The van der Waals surface area contributed by atoms with Crippen LogP contribution >= 0.6 is 0 Å². The molecule has 0 unspecified atom stereocenters. The van der Waals surface area contributed by atoms with Gasteiger partial charge in [-0.15, -0.1) is 0 Å². The van der Waals surface area contributed by atoms with Crippen molar-refractivity contribution in [2.24, 2.45) is 0 Å². The van der Waals surface area contributed by atoms with Gasteiger partial charge in [-0.3, -0.25) is 4.79 Å². The largest absolute Gasteiger partial charge is 0.493 e. The predicted octanol–water partition coefficient (Wildman–Crippen LogP) is 6.30. The predicted molar refractivity (Wildman–Crippen MR) is 143 cm³/mol. The lowest BCUT2D eigenvalue weighted by atomic mass is 9.92. The summed E-state index contributed by atoms with van der Waals surface area (Å²) in [5.41, 5.74) is 2.67. The Morgan fingerprint density at radius 3 is 2.59 bits per heavy atom. The van der Waals surface area contributed by atoms with Crippen molar-refractivity contribution in [3.8, 4) is 23.0 Å². The minimum Gasteiger partial charge on any atom is -0.493 e. The van der Waals surface area contributed by atoms with Crippen molar-refractivity contribution in [1.82, 2.24) is 0 Å². The normalized spacial score (nSPS) is 13.8. The summed E-state index contributed by atoms with van der Waals surface area (Å²) in [7, 11) is 0. The first-order valence-electron chi connectivity index (χ1n) is 12.9. The molecule has 0 radical (unpaired) electrons. The van der Waals surface area contributed by atoms with Gasteiger partial charge in [0.1, 0.15) is 35.2 Å². The van der Waals surface area contributed by atoms with Gasteiger partial charge in [-0.2, -0.15) is 0 Å². The standard InChI is InChI=1S/C31H36O6/c1-4-5-17-34-24-12-13-25(29(18-24)35-20-22-9-7-6-8-10-22)27(33)21-36-30-23(19-32)11-14-28-26(30)15-16-31(2,3)37-28/h6-14,18,32H,4-5,15-17,19-21H2,1-3H3. The maximum absolute atomic E-state index is 13.4. The number of ketones is 1. The van der Waals surface area contributed by atoms with Crippen LogP contribution in [0.3, 0.4) is 0 Å². The SMILES string of the molecule is CCCCOc1ccc(C(=O)COc2c(CO)ccc3c2CCC(C)(C)O3)c(OCc2ccccc2)c1. The van der Waals surface area contributed by atoms with Crippen LogP contribution in [0.2, 0.25) is 0 Å². The number of unbranched alkanes of at least 4 members (excludes halogenated alkanes) is 1. The summed E-state index contributed by atoms with van der Waals surface area (Å²) in [6.45, 7) is 6.76. The molecular weight excluding hydrogens is 468 g/mol. The first-order chi connectivity index (χ1) is 17.9. The van der Waals surface area contributed by atoms with Crippen LogP contribution < -0.4 is 18.9 Å². The van der Waals surface area contributed by atoms with Gasteiger partial charge in [-0.05, 0) is 62.9 Å². The van der Waals surface area contributed by atoms with Crippen molar-refractivity contribution < 1.29 is 28.8 Å². The van der Waals surface area contributed by atoms with Gasteiger partial charge in [0.2, 0.25) is 5.78 Å². The molecule has 1 aliphatic rings. The topological polar surface area (TPSA) is 74.2 Å². The number of Topliss-reactive ketones (excluding diaryl/α,β-unsaturated/α-hetero) is 1. The molecule has 0 aromatic heterocycles. The van der Waals surface area contributed by atoms with Gasteiger partial charge < -0.3 is 24.1 Å². The number of fused-ring (bicyclic) bond motifs is 1. The van der Waals surface area contributed by atoms with Crippen LogP contribution in [0, 0.1) is 0 Å². The molecule has 1 N–H and O–H groups in total. The van der Waals surface area contributed by atoms with Crippen LogP contribution in [0.4, 0.5) is 0 Å². The van der Waals surface area contributed by atoms with Crippen LogP contribution in [0.25, 0.3) is 0 Å². The van der Waals surface area contributed by atoms with E-state index >= 15 is 0 Å². The number of hydrogen-bond donors (Lipinski definition) is 1. The maximum Gasteiger partial charge on any atom is 0.203 e. The van der Waals surface area contributed by atoms with Crippen LogP contribution in [0.1, 0.15) is 67.1 Å². The van der Waals surface area contributed by atoms with Crippen molar-refractivity contribution in [3.63, 3.8) is 0 Å². The molecule has 0 saturated heterocycles. The highest BCUT2D eigenvalue weighted by Gasteiger charge is 2.30. The van der Waals surface area contributed by atoms with E-state index in [4.69, 9.17) is 18.9 Å². The van der Waals surface area contributed by atoms with Gasteiger partial charge >= 0.3 is 0 Å². The Balaban J connectivity index is 1.54. The lowest BCUT2D eigenvalue weighted by molar-refractivity contribution is 0.0812. The van der Waals surface area contributed by atoms with E-state index in [1.165, 1.54) is 0 Å². The summed E-state index contributed by atoms with van der Waals surface area (Å²) in [4.78, 5) is 13.4. The third kappa shape index (κ3) is 6.83. The molecule has 37 heavy (non-hydrogen) atoms. The average Bonchev–Trinajstić information content (AvgIpc) is 2.90. The summed E-state index contributed by atoms with van der Waals surface area (Å²) < 4.78 is 24.1. The van der Waals surface area contributed by atoms with Gasteiger partial charge in [0, 0.05) is 17.2 Å². The van der Waals surface area contributed by atoms with Gasteiger partial charge in [-0.1, -0.05) is 43.7 Å². The third-order valence-corrected chi connectivity index (χ3v) is 6.44. The van der Waals surface area contributed by atoms with Crippen molar-refractivity contribution in [1.29, 1.82) is 0 Å². The van der Waals surface area contributed by atoms with Crippen LogP contribution in [0.15, 0.2) is 60.7 Å². The lowest BCUT2D eigenvalue weighted by Crippen LogP contribution is -2.33. The lowest BCUT2D eigenvalue weighted by Gasteiger charge is -2.33. The third-order valence-electron chi connectivity index (χ3n) is 6.44. The second-order valence-electron chi connectivity index (χ2n) is 9.90. The van der Waals surface area contributed by atoms with E-state index in [9.17, 15) is 9.90 Å². The Hall–Kier alpha value is -3.51. The van der Waals surface area contributed by atoms with Gasteiger partial charge in [0.05, 0.1) is 18.8 Å². The molecule has 0 saturated carbocycles. The zero-order valence-corrected chi connectivity index (χ0v) is 21.9. The Kier molecular flexibility index (Phi) is 8.72. The highest BCUT2D eigenvalue weighted by Crippen LogP contribution is 2.40. The molecule has 196 valence electrons. The Bertz CT molecular complexity index is 1200. The number of aliphatic hydroxyl groups is 1. The molecular formula is C31H36O6. The van der Waals surface area contributed by atoms with E-state index in [2.05, 4.69) is 6.92 Å². The molecule has 3 aromatic carbocycles. The molecule has 0 amide bonds. The van der Waals surface area contributed by atoms with E-state index in [1.807, 2.05) is 50.2 Å². The zero-order valence-electron chi connectivity index (χ0n) is 21.9. The highest BCUT2D eigenvalue weighted by atomic mass is 16.5. The van der Waals surface area contributed by atoms with E-state index in [-0.39, 0.29) is 24.6 Å². The summed E-state index contributed by atoms with van der Waals surface area (Å²) >= 11 is 0. The van der Waals surface area contributed by atoms with Gasteiger partial charge in [0.25, 0.3) is 0 Å². The molecule has 4 rings (SSSR count). The van der Waals surface area contributed by atoms with Crippen LogP contribution in [-0.4, -0.2) is 29.7 Å².